The van der Waals surface area contributed by atoms with Crippen LogP contribution < -0.4 is 10.2 Å². The lowest BCUT2D eigenvalue weighted by atomic mass is 10.1. The molecule has 1 atom stereocenters. The molecule has 1 aliphatic heterocycles. The van der Waals surface area contributed by atoms with Crippen molar-refractivity contribution in [3.8, 4) is 0 Å². The number of rotatable bonds is 2. The van der Waals surface area contributed by atoms with E-state index in [4.69, 9.17) is 0 Å². The van der Waals surface area contributed by atoms with Crippen LogP contribution in [-0.4, -0.2) is 12.5 Å². The second-order valence-electron chi connectivity index (χ2n) is 5.77. The number of aryl methyl sites for hydroxylation is 1. The van der Waals surface area contributed by atoms with Gasteiger partial charge in [0.15, 0.2) is 0 Å². The van der Waals surface area contributed by atoms with Crippen molar-refractivity contribution >= 4 is 17.3 Å². The number of nitrogens with one attached hydrogen (secondary N) is 1. The number of carbonyl (C=O) groups excluding carboxylic acids is 1. The molecule has 1 heterocycles. The molecule has 1 amide bonds. The van der Waals surface area contributed by atoms with Gasteiger partial charge >= 0.3 is 0 Å². The van der Waals surface area contributed by atoms with E-state index in [9.17, 15) is 4.79 Å². The fourth-order valence-electron chi connectivity index (χ4n) is 2.69. The van der Waals surface area contributed by atoms with E-state index in [1.165, 1.54) is 11.1 Å². The minimum absolute atomic E-state index is 0.0251. The van der Waals surface area contributed by atoms with E-state index in [-0.39, 0.29) is 11.8 Å². The van der Waals surface area contributed by atoms with Crippen molar-refractivity contribution in [3.63, 3.8) is 0 Å². The number of anilines is 2. The van der Waals surface area contributed by atoms with Gasteiger partial charge in [-0.15, -0.1) is 0 Å². The van der Waals surface area contributed by atoms with Crippen molar-refractivity contribution in [1.29, 1.82) is 0 Å². The molecule has 0 fully saturated rings. The third kappa shape index (κ3) is 2.92. The van der Waals surface area contributed by atoms with Gasteiger partial charge in [0.2, 0.25) is 5.91 Å². The lowest BCUT2D eigenvalue weighted by molar-refractivity contribution is -0.119. The summed E-state index contributed by atoms with van der Waals surface area (Å²) in [4.78, 5) is 14.4. The number of fused-ring (bicyclic) bond motifs is 1. The molecular weight excluding hydrogens is 260 g/mol. The van der Waals surface area contributed by atoms with Crippen molar-refractivity contribution < 1.29 is 4.79 Å². The van der Waals surface area contributed by atoms with E-state index in [0.29, 0.717) is 0 Å². The number of carbonyl (C=O) groups is 1. The maximum Gasteiger partial charge on any atom is 0.229 e. The van der Waals surface area contributed by atoms with Crippen LogP contribution in [0.15, 0.2) is 48.5 Å². The Balaban J connectivity index is 1.92. The van der Waals surface area contributed by atoms with Gasteiger partial charge < -0.3 is 10.2 Å². The third-order valence-corrected chi connectivity index (χ3v) is 3.94. The monoisotopic (exact) mass is 280 g/mol. The Morgan fingerprint density at radius 1 is 1.14 bits per heavy atom. The van der Waals surface area contributed by atoms with Gasteiger partial charge in [-0.2, -0.15) is 0 Å². The average molecular weight is 280 g/mol. The summed E-state index contributed by atoms with van der Waals surface area (Å²) in [6.07, 6.45) is 0. The fraction of sp³-hybridized carbons (Fsp3) is 0.278. The van der Waals surface area contributed by atoms with E-state index >= 15 is 0 Å². The lowest BCUT2D eigenvalue weighted by Crippen LogP contribution is -2.30. The molecule has 0 radical (unpaired) electrons. The zero-order valence-corrected chi connectivity index (χ0v) is 12.5. The largest absolute Gasteiger partial charge is 0.365 e. The second-order valence-corrected chi connectivity index (χ2v) is 5.77. The Morgan fingerprint density at radius 2 is 1.86 bits per heavy atom. The highest BCUT2D eigenvalue weighted by Gasteiger charge is 2.24. The first kappa shape index (κ1) is 13.7. The molecule has 108 valence electrons. The van der Waals surface area contributed by atoms with Crippen molar-refractivity contribution in [1.82, 2.24) is 0 Å². The minimum atomic E-state index is -0.0251. The zero-order chi connectivity index (χ0) is 14.8. The number of nitrogens with zero attached hydrogens (tertiary/aromatic N) is 1. The predicted molar refractivity (Wildman–Crippen MR) is 86.5 cm³/mol. The van der Waals surface area contributed by atoms with E-state index in [0.717, 1.165) is 24.5 Å². The standard InChI is InChI=1S/C18H20N2O/c1-13-7-9-15(10-8-13)12-20-11-14(2)18(21)19-16-5-3-4-6-17(16)20/h3-10,14H,11-12H2,1-2H3,(H,19,21)/t14-/m1/s1. The van der Waals surface area contributed by atoms with Gasteiger partial charge in [-0.05, 0) is 24.6 Å². The highest BCUT2D eigenvalue weighted by atomic mass is 16.1. The maximum absolute atomic E-state index is 12.1. The van der Waals surface area contributed by atoms with Crippen LogP contribution in [0.3, 0.4) is 0 Å². The molecule has 3 nitrogen and oxygen atoms in total. The van der Waals surface area contributed by atoms with Gasteiger partial charge in [0, 0.05) is 13.1 Å². The summed E-state index contributed by atoms with van der Waals surface area (Å²) in [5, 5.41) is 3.02. The first-order valence-corrected chi connectivity index (χ1v) is 7.34. The first-order valence-electron chi connectivity index (χ1n) is 7.34. The van der Waals surface area contributed by atoms with Gasteiger partial charge in [0.25, 0.3) is 0 Å². The molecule has 0 unspecified atom stereocenters. The highest BCUT2D eigenvalue weighted by Crippen LogP contribution is 2.30. The number of benzene rings is 2. The summed E-state index contributed by atoms with van der Waals surface area (Å²) in [5.74, 6) is 0.0664. The normalized spacial score (nSPS) is 17.9. The number of amides is 1. The van der Waals surface area contributed by atoms with E-state index in [2.05, 4.69) is 47.5 Å². The molecule has 1 N–H and O–H groups in total. The van der Waals surface area contributed by atoms with Gasteiger partial charge in [0.1, 0.15) is 0 Å². The molecule has 0 bridgehead atoms. The van der Waals surface area contributed by atoms with Crippen LogP contribution in [0.2, 0.25) is 0 Å². The van der Waals surface area contributed by atoms with Crippen molar-refractivity contribution in [2.75, 3.05) is 16.8 Å². The predicted octanol–water partition coefficient (Wildman–Crippen LogP) is 3.59. The molecule has 1 aliphatic rings. The van der Waals surface area contributed by atoms with Crippen molar-refractivity contribution in [2.24, 2.45) is 5.92 Å². The summed E-state index contributed by atoms with van der Waals surface area (Å²) in [6.45, 7) is 5.62. The average Bonchev–Trinajstić information content (AvgIpc) is 2.60. The summed E-state index contributed by atoms with van der Waals surface area (Å²) >= 11 is 0. The first-order chi connectivity index (χ1) is 10.1. The molecule has 0 aromatic heterocycles. The van der Waals surface area contributed by atoms with E-state index in [1.807, 2.05) is 25.1 Å². The quantitative estimate of drug-likeness (QED) is 0.911. The van der Waals surface area contributed by atoms with Gasteiger partial charge in [-0.1, -0.05) is 48.9 Å². The number of hydrogen-bond acceptors (Lipinski definition) is 2. The van der Waals surface area contributed by atoms with Crippen molar-refractivity contribution in [2.45, 2.75) is 20.4 Å². The molecule has 3 rings (SSSR count). The third-order valence-electron chi connectivity index (χ3n) is 3.94. The molecule has 2 aromatic carbocycles. The lowest BCUT2D eigenvalue weighted by Gasteiger charge is -2.25. The summed E-state index contributed by atoms with van der Waals surface area (Å²) in [7, 11) is 0. The number of hydrogen-bond donors (Lipinski definition) is 1. The molecule has 3 heteroatoms. The van der Waals surface area contributed by atoms with Gasteiger partial charge in [-0.3, -0.25) is 4.79 Å². The maximum atomic E-state index is 12.1. The number of para-hydroxylation sites is 2. The van der Waals surface area contributed by atoms with E-state index in [1.54, 1.807) is 0 Å². The smallest absolute Gasteiger partial charge is 0.229 e. The second kappa shape index (κ2) is 5.60. The van der Waals surface area contributed by atoms with Crippen molar-refractivity contribution in [3.05, 3.63) is 59.7 Å². The minimum Gasteiger partial charge on any atom is -0.365 e. The van der Waals surface area contributed by atoms with Crippen LogP contribution in [0.25, 0.3) is 0 Å². The van der Waals surface area contributed by atoms with Crippen LogP contribution in [-0.2, 0) is 11.3 Å². The summed E-state index contributed by atoms with van der Waals surface area (Å²) in [6, 6.07) is 16.6. The highest BCUT2D eigenvalue weighted by molar-refractivity contribution is 5.97. The Kier molecular flexibility index (Phi) is 3.65. The molecular formula is C18H20N2O. The Labute approximate surface area is 125 Å². The molecule has 21 heavy (non-hydrogen) atoms. The Hall–Kier alpha value is -2.29. The summed E-state index contributed by atoms with van der Waals surface area (Å²) < 4.78 is 0. The molecule has 2 aromatic rings. The topological polar surface area (TPSA) is 32.3 Å². The molecule has 0 saturated heterocycles. The summed E-state index contributed by atoms with van der Waals surface area (Å²) in [5.41, 5.74) is 4.52. The molecule has 0 spiro atoms. The van der Waals surface area contributed by atoms with E-state index < -0.39 is 0 Å². The molecule has 0 aliphatic carbocycles. The van der Waals surface area contributed by atoms with Crippen LogP contribution in [0.4, 0.5) is 11.4 Å². The zero-order valence-electron chi connectivity index (χ0n) is 12.5. The van der Waals surface area contributed by atoms with Gasteiger partial charge in [-0.25, -0.2) is 0 Å². The van der Waals surface area contributed by atoms with Crippen LogP contribution in [0, 0.1) is 12.8 Å². The van der Waals surface area contributed by atoms with Crippen LogP contribution >= 0.6 is 0 Å². The van der Waals surface area contributed by atoms with Crippen LogP contribution in [0.5, 0.6) is 0 Å². The Bertz CT molecular complexity index is 649. The van der Waals surface area contributed by atoms with Crippen LogP contribution in [0.1, 0.15) is 18.1 Å². The SMILES string of the molecule is Cc1ccc(CN2C[C@@H](C)C(=O)Nc3ccccc32)cc1. The fourth-order valence-corrected chi connectivity index (χ4v) is 2.69. The molecule has 0 saturated carbocycles. The Morgan fingerprint density at radius 3 is 2.62 bits per heavy atom. The van der Waals surface area contributed by atoms with Gasteiger partial charge in [0.05, 0.1) is 17.3 Å².